The van der Waals surface area contributed by atoms with Crippen LogP contribution in [-0.2, 0) is 0 Å². The van der Waals surface area contributed by atoms with Crippen molar-refractivity contribution in [1.29, 1.82) is 0 Å². The number of nitrogens with two attached hydrogens (primary N) is 1. The molecule has 1 aliphatic heterocycles. The number of piperidine rings is 1. The van der Waals surface area contributed by atoms with E-state index in [1.54, 1.807) is 12.1 Å². The Hall–Kier alpha value is -3.28. The van der Waals surface area contributed by atoms with Gasteiger partial charge in [0.15, 0.2) is 0 Å². The summed E-state index contributed by atoms with van der Waals surface area (Å²) in [6.07, 6.45) is 6.06. The highest BCUT2D eigenvalue weighted by molar-refractivity contribution is 6.01. The lowest BCUT2D eigenvalue weighted by Gasteiger charge is -2.27. The maximum atomic E-state index is 14.8. The monoisotopic (exact) mass is 376 g/mol. The van der Waals surface area contributed by atoms with Gasteiger partial charge in [0.25, 0.3) is 5.91 Å². The van der Waals surface area contributed by atoms with Crippen molar-refractivity contribution in [2.24, 2.45) is 0 Å². The summed E-state index contributed by atoms with van der Waals surface area (Å²) in [5, 5.41) is 0. The standard InChI is InChI=1S/C22H21FN4O/c23-19-12-15(8-9-18(19)20-13-26-21(24)14-25-20)16-6-2-3-7-17(16)22(28)27-10-4-1-5-11-27/h2-3,6-9,12-14H,1,4-5,10-11H2,(H2,24,26). The number of carbonyl (C=O) groups is 1. The number of anilines is 1. The van der Waals surface area contributed by atoms with Gasteiger partial charge in [-0.25, -0.2) is 9.37 Å². The molecular formula is C22H21FN4O. The fraction of sp³-hybridized carbons (Fsp3) is 0.227. The second-order valence-corrected chi connectivity index (χ2v) is 6.92. The molecule has 3 aromatic rings. The van der Waals surface area contributed by atoms with Gasteiger partial charge in [0.2, 0.25) is 0 Å². The van der Waals surface area contributed by atoms with Gasteiger partial charge in [-0.15, -0.1) is 0 Å². The number of halogens is 1. The predicted molar refractivity (Wildman–Crippen MR) is 107 cm³/mol. The number of aromatic nitrogens is 2. The van der Waals surface area contributed by atoms with Crippen molar-refractivity contribution in [2.45, 2.75) is 19.3 Å². The molecule has 1 aliphatic rings. The van der Waals surface area contributed by atoms with Gasteiger partial charge in [0.1, 0.15) is 11.6 Å². The third-order valence-corrected chi connectivity index (χ3v) is 5.03. The zero-order valence-electron chi connectivity index (χ0n) is 15.4. The molecule has 6 heteroatoms. The quantitative estimate of drug-likeness (QED) is 0.745. The molecule has 1 saturated heterocycles. The van der Waals surface area contributed by atoms with E-state index in [1.807, 2.05) is 29.2 Å². The molecular weight excluding hydrogens is 355 g/mol. The van der Waals surface area contributed by atoms with E-state index in [2.05, 4.69) is 9.97 Å². The van der Waals surface area contributed by atoms with E-state index < -0.39 is 5.82 Å². The average molecular weight is 376 g/mol. The number of nitrogens with zero attached hydrogens (tertiary/aromatic N) is 3. The second kappa shape index (κ2) is 7.76. The van der Waals surface area contributed by atoms with Gasteiger partial charge in [-0.3, -0.25) is 9.78 Å². The van der Waals surface area contributed by atoms with Gasteiger partial charge in [-0.2, -0.15) is 0 Å². The van der Waals surface area contributed by atoms with Crippen molar-refractivity contribution < 1.29 is 9.18 Å². The molecule has 28 heavy (non-hydrogen) atoms. The minimum absolute atomic E-state index is 0.00388. The van der Waals surface area contributed by atoms with Crippen LogP contribution in [0.15, 0.2) is 54.9 Å². The molecule has 2 heterocycles. The number of nitrogen functional groups attached to an aromatic ring is 1. The lowest BCUT2D eigenvalue weighted by Crippen LogP contribution is -2.35. The molecule has 4 rings (SSSR count). The molecule has 0 saturated carbocycles. The molecule has 0 aliphatic carbocycles. The molecule has 0 bridgehead atoms. The van der Waals surface area contributed by atoms with E-state index in [4.69, 9.17) is 5.73 Å². The van der Waals surface area contributed by atoms with Crippen molar-refractivity contribution in [3.05, 3.63) is 66.2 Å². The van der Waals surface area contributed by atoms with Crippen LogP contribution in [0, 0.1) is 5.82 Å². The third kappa shape index (κ3) is 3.58. The summed E-state index contributed by atoms with van der Waals surface area (Å²) in [7, 11) is 0. The lowest BCUT2D eigenvalue weighted by atomic mass is 9.96. The maximum Gasteiger partial charge on any atom is 0.254 e. The van der Waals surface area contributed by atoms with Gasteiger partial charge in [0.05, 0.1) is 18.1 Å². The largest absolute Gasteiger partial charge is 0.382 e. The number of hydrogen-bond donors (Lipinski definition) is 1. The number of rotatable bonds is 3. The first kappa shape index (κ1) is 18.1. The van der Waals surface area contributed by atoms with Gasteiger partial charge >= 0.3 is 0 Å². The van der Waals surface area contributed by atoms with Crippen LogP contribution in [0.5, 0.6) is 0 Å². The van der Waals surface area contributed by atoms with E-state index in [-0.39, 0.29) is 11.7 Å². The molecule has 0 spiro atoms. The van der Waals surface area contributed by atoms with Crippen LogP contribution in [0.2, 0.25) is 0 Å². The molecule has 0 unspecified atom stereocenters. The Labute approximate surface area is 163 Å². The second-order valence-electron chi connectivity index (χ2n) is 6.92. The van der Waals surface area contributed by atoms with E-state index in [0.717, 1.165) is 37.9 Å². The van der Waals surface area contributed by atoms with Crippen molar-refractivity contribution in [2.75, 3.05) is 18.8 Å². The van der Waals surface area contributed by atoms with Crippen LogP contribution in [0.25, 0.3) is 22.4 Å². The highest BCUT2D eigenvalue weighted by Gasteiger charge is 2.21. The van der Waals surface area contributed by atoms with Crippen LogP contribution >= 0.6 is 0 Å². The first-order chi connectivity index (χ1) is 13.6. The fourth-order valence-corrected chi connectivity index (χ4v) is 3.56. The van der Waals surface area contributed by atoms with Gasteiger partial charge in [-0.05, 0) is 48.6 Å². The number of benzene rings is 2. The number of likely N-dealkylation sites (tertiary alicyclic amines) is 1. The highest BCUT2D eigenvalue weighted by Crippen LogP contribution is 2.30. The number of carbonyl (C=O) groups excluding carboxylic acids is 1. The van der Waals surface area contributed by atoms with E-state index in [0.29, 0.717) is 22.4 Å². The summed E-state index contributed by atoms with van der Waals surface area (Å²) in [5.41, 5.74) is 8.29. The minimum atomic E-state index is -0.420. The Morgan fingerprint density at radius 1 is 0.964 bits per heavy atom. The summed E-state index contributed by atoms with van der Waals surface area (Å²) >= 11 is 0. The third-order valence-electron chi connectivity index (χ3n) is 5.03. The Morgan fingerprint density at radius 2 is 1.75 bits per heavy atom. The van der Waals surface area contributed by atoms with Crippen molar-refractivity contribution >= 4 is 11.7 Å². The topological polar surface area (TPSA) is 72.1 Å². The van der Waals surface area contributed by atoms with Gasteiger partial charge in [0, 0.05) is 24.2 Å². The molecule has 0 radical (unpaired) electrons. The summed E-state index contributed by atoms with van der Waals surface area (Å²) in [4.78, 5) is 23.0. The molecule has 1 amide bonds. The average Bonchev–Trinajstić information content (AvgIpc) is 2.74. The molecule has 1 aromatic heterocycles. The number of hydrogen-bond acceptors (Lipinski definition) is 4. The van der Waals surface area contributed by atoms with Crippen LogP contribution < -0.4 is 5.73 Å². The minimum Gasteiger partial charge on any atom is -0.382 e. The first-order valence-electron chi connectivity index (χ1n) is 9.39. The zero-order chi connectivity index (χ0) is 19.5. The van der Waals surface area contributed by atoms with E-state index in [9.17, 15) is 9.18 Å². The highest BCUT2D eigenvalue weighted by atomic mass is 19.1. The van der Waals surface area contributed by atoms with Crippen LogP contribution in [0.1, 0.15) is 29.6 Å². The molecule has 0 atom stereocenters. The van der Waals surface area contributed by atoms with Crippen LogP contribution in [-0.4, -0.2) is 33.9 Å². The fourth-order valence-electron chi connectivity index (χ4n) is 3.56. The summed E-state index contributed by atoms with van der Waals surface area (Å²) in [6.45, 7) is 1.55. The smallest absolute Gasteiger partial charge is 0.254 e. The Kier molecular flexibility index (Phi) is 5.02. The predicted octanol–water partition coefficient (Wildman–Crippen LogP) is 4.16. The summed E-state index contributed by atoms with van der Waals surface area (Å²) in [5.74, 6) is -0.132. The molecule has 1 fully saturated rings. The van der Waals surface area contributed by atoms with Crippen molar-refractivity contribution in [1.82, 2.24) is 14.9 Å². The SMILES string of the molecule is Nc1cnc(-c2ccc(-c3ccccc3C(=O)N3CCCCC3)cc2F)cn1. The molecule has 142 valence electrons. The van der Waals surface area contributed by atoms with E-state index in [1.165, 1.54) is 18.5 Å². The van der Waals surface area contributed by atoms with Crippen molar-refractivity contribution in [3.8, 4) is 22.4 Å². The van der Waals surface area contributed by atoms with Gasteiger partial charge in [-0.1, -0.05) is 24.3 Å². The van der Waals surface area contributed by atoms with Crippen LogP contribution in [0.4, 0.5) is 10.2 Å². The molecule has 2 N–H and O–H groups in total. The maximum absolute atomic E-state index is 14.8. The van der Waals surface area contributed by atoms with Gasteiger partial charge < -0.3 is 10.6 Å². The molecule has 2 aromatic carbocycles. The Morgan fingerprint density at radius 3 is 2.46 bits per heavy atom. The first-order valence-corrected chi connectivity index (χ1v) is 9.39. The van der Waals surface area contributed by atoms with Crippen LogP contribution in [0.3, 0.4) is 0 Å². The normalized spacial score (nSPS) is 14.1. The lowest BCUT2D eigenvalue weighted by molar-refractivity contribution is 0.0725. The van der Waals surface area contributed by atoms with Crippen molar-refractivity contribution in [3.63, 3.8) is 0 Å². The Bertz CT molecular complexity index is 998. The summed E-state index contributed by atoms with van der Waals surface area (Å²) < 4.78 is 14.8. The summed E-state index contributed by atoms with van der Waals surface area (Å²) in [6, 6.07) is 12.3. The Balaban J connectivity index is 1.69. The molecule has 5 nitrogen and oxygen atoms in total. The van der Waals surface area contributed by atoms with E-state index >= 15 is 0 Å². The zero-order valence-corrected chi connectivity index (χ0v) is 15.4. The number of amides is 1.